The Bertz CT molecular complexity index is 683. The van der Waals surface area contributed by atoms with Crippen molar-refractivity contribution in [1.29, 1.82) is 0 Å². The van der Waals surface area contributed by atoms with Crippen molar-refractivity contribution in [2.75, 3.05) is 13.1 Å². The number of fused-ring (bicyclic) bond motifs is 1. The molecular weight excluding hydrogens is 340 g/mol. The number of likely N-dealkylation sites (tertiary alicyclic amines) is 1. The van der Waals surface area contributed by atoms with Crippen molar-refractivity contribution in [2.45, 2.75) is 50.6 Å². The van der Waals surface area contributed by atoms with Crippen LogP contribution < -0.4 is 11.1 Å². The lowest BCUT2D eigenvalue weighted by molar-refractivity contribution is -0.125. The van der Waals surface area contributed by atoms with Crippen molar-refractivity contribution in [3.8, 4) is 0 Å². The Morgan fingerprint density at radius 2 is 2.00 bits per heavy atom. The van der Waals surface area contributed by atoms with Gasteiger partial charge in [-0.15, -0.1) is 0 Å². The molecule has 26 heavy (non-hydrogen) atoms. The van der Waals surface area contributed by atoms with Gasteiger partial charge in [-0.1, -0.05) is 12.8 Å². The summed E-state index contributed by atoms with van der Waals surface area (Å²) in [6.07, 6.45) is 5.09. The van der Waals surface area contributed by atoms with Crippen LogP contribution in [0.15, 0.2) is 18.2 Å². The summed E-state index contributed by atoms with van der Waals surface area (Å²) in [5.74, 6) is -2.12. The Kier molecular flexibility index (Phi) is 5.86. The first-order chi connectivity index (χ1) is 12.5. The second-order valence-electron chi connectivity index (χ2n) is 7.13. The minimum Gasteiger partial charge on any atom is -0.354 e. The third-order valence-corrected chi connectivity index (χ3v) is 5.47. The highest BCUT2D eigenvalue weighted by molar-refractivity contribution is 5.98. The molecule has 1 aromatic carbocycles. The van der Waals surface area contributed by atoms with E-state index in [2.05, 4.69) is 5.32 Å². The minimum absolute atomic E-state index is 0.0639. The largest absolute Gasteiger partial charge is 0.354 e. The van der Waals surface area contributed by atoms with Gasteiger partial charge in [0.25, 0.3) is 5.91 Å². The average molecular weight is 365 g/mol. The number of hydrogen-bond donors (Lipinski definition) is 2. The van der Waals surface area contributed by atoms with Gasteiger partial charge in [-0.25, -0.2) is 8.78 Å². The molecule has 2 amide bonds. The SMILES string of the molecule is NCCCNC(=O)C1CC2CCCCC2N1C(=O)c1ccc(F)cc1F. The van der Waals surface area contributed by atoms with E-state index in [1.54, 1.807) is 0 Å². The number of nitrogens with two attached hydrogens (primary N) is 1. The van der Waals surface area contributed by atoms with Gasteiger partial charge in [0.15, 0.2) is 0 Å². The van der Waals surface area contributed by atoms with E-state index >= 15 is 0 Å². The molecule has 1 aliphatic heterocycles. The molecule has 1 saturated heterocycles. The highest BCUT2D eigenvalue weighted by atomic mass is 19.1. The highest BCUT2D eigenvalue weighted by Gasteiger charge is 2.47. The number of benzene rings is 1. The van der Waals surface area contributed by atoms with Gasteiger partial charge in [-0.3, -0.25) is 9.59 Å². The van der Waals surface area contributed by atoms with Crippen LogP contribution >= 0.6 is 0 Å². The third kappa shape index (κ3) is 3.72. The third-order valence-electron chi connectivity index (χ3n) is 5.47. The molecule has 1 saturated carbocycles. The molecular formula is C19H25F2N3O2. The topological polar surface area (TPSA) is 75.4 Å². The molecule has 142 valence electrons. The van der Waals surface area contributed by atoms with E-state index in [-0.39, 0.29) is 23.4 Å². The van der Waals surface area contributed by atoms with Crippen LogP contribution in [0.25, 0.3) is 0 Å². The van der Waals surface area contributed by atoms with E-state index < -0.39 is 23.6 Å². The maximum Gasteiger partial charge on any atom is 0.257 e. The van der Waals surface area contributed by atoms with E-state index in [0.29, 0.717) is 32.0 Å². The van der Waals surface area contributed by atoms with Gasteiger partial charge in [-0.2, -0.15) is 0 Å². The van der Waals surface area contributed by atoms with Crippen LogP contribution in [-0.2, 0) is 4.79 Å². The quantitative estimate of drug-likeness (QED) is 0.786. The van der Waals surface area contributed by atoms with Crippen LogP contribution in [0.1, 0.15) is 48.9 Å². The lowest BCUT2D eigenvalue weighted by Gasteiger charge is -2.33. The van der Waals surface area contributed by atoms with E-state index in [4.69, 9.17) is 5.73 Å². The lowest BCUT2D eigenvalue weighted by atomic mass is 9.84. The molecule has 1 aromatic rings. The molecule has 3 unspecified atom stereocenters. The van der Waals surface area contributed by atoms with Gasteiger partial charge in [0.2, 0.25) is 5.91 Å². The Hall–Kier alpha value is -2.02. The van der Waals surface area contributed by atoms with Gasteiger partial charge in [0.05, 0.1) is 5.56 Å². The second-order valence-corrected chi connectivity index (χ2v) is 7.13. The normalized spacial score (nSPS) is 25.0. The number of nitrogens with one attached hydrogen (secondary N) is 1. The van der Waals surface area contributed by atoms with Crippen LogP contribution in [0, 0.1) is 17.6 Å². The van der Waals surface area contributed by atoms with Gasteiger partial charge in [0, 0.05) is 18.7 Å². The molecule has 0 bridgehead atoms. The molecule has 1 heterocycles. The maximum absolute atomic E-state index is 14.2. The summed E-state index contributed by atoms with van der Waals surface area (Å²) in [5, 5.41) is 2.83. The molecule has 1 aliphatic carbocycles. The summed E-state index contributed by atoms with van der Waals surface area (Å²) < 4.78 is 27.3. The van der Waals surface area contributed by atoms with Crippen molar-refractivity contribution in [3.63, 3.8) is 0 Å². The first-order valence-electron chi connectivity index (χ1n) is 9.28. The van der Waals surface area contributed by atoms with Crippen LogP contribution in [0.3, 0.4) is 0 Å². The molecule has 7 heteroatoms. The fourth-order valence-electron chi connectivity index (χ4n) is 4.22. The lowest BCUT2D eigenvalue weighted by Crippen LogP contribution is -2.50. The van der Waals surface area contributed by atoms with Crippen LogP contribution in [0.5, 0.6) is 0 Å². The fraction of sp³-hybridized carbons (Fsp3) is 0.579. The summed E-state index contributed by atoms with van der Waals surface area (Å²) in [6.45, 7) is 0.924. The van der Waals surface area contributed by atoms with Gasteiger partial charge in [-0.05, 0) is 50.3 Å². The van der Waals surface area contributed by atoms with Crippen molar-refractivity contribution in [2.24, 2.45) is 11.7 Å². The van der Waals surface area contributed by atoms with Gasteiger partial charge in [0.1, 0.15) is 17.7 Å². The monoisotopic (exact) mass is 365 g/mol. The van der Waals surface area contributed by atoms with Crippen LogP contribution in [0.2, 0.25) is 0 Å². The predicted molar refractivity (Wildman–Crippen MR) is 93.4 cm³/mol. The fourth-order valence-corrected chi connectivity index (χ4v) is 4.22. The van der Waals surface area contributed by atoms with Crippen LogP contribution in [0.4, 0.5) is 8.78 Å². The number of hydrogen-bond acceptors (Lipinski definition) is 3. The highest BCUT2D eigenvalue weighted by Crippen LogP contribution is 2.40. The first kappa shape index (κ1) is 18.8. The zero-order valence-electron chi connectivity index (χ0n) is 14.7. The summed E-state index contributed by atoms with van der Waals surface area (Å²) >= 11 is 0. The molecule has 3 atom stereocenters. The summed E-state index contributed by atoms with van der Waals surface area (Å²) in [5.41, 5.74) is 5.27. The van der Waals surface area contributed by atoms with Gasteiger partial charge >= 0.3 is 0 Å². The van der Waals surface area contributed by atoms with E-state index in [1.165, 1.54) is 4.90 Å². The Labute approximate surface area is 151 Å². The molecule has 3 N–H and O–H groups in total. The number of rotatable bonds is 5. The van der Waals surface area contributed by atoms with Gasteiger partial charge < -0.3 is 16.0 Å². The molecule has 0 radical (unpaired) electrons. The Balaban J connectivity index is 1.85. The number of carbonyl (C=O) groups is 2. The predicted octanol–water partition coefficient (Wildman–Crippen LogP) is 2.20. The van der Waals surface area contributed by atoms with E-state index in [9.17, 15) is 18.4 Å². The molecule has 2 fully saturated rings. The van der Waals surface area contributed by atoms with Crippen LogP contribution in [-0.4, -0.2) is 41.9 Å². The summed E-state index contributed by atoms with van der Waals surface area (Å²) in [6, 6.07) is 2.26. The van der Waals surface area contributed by atoms with E-state index in [1.807, 2.05) is 0 Å². The number of nitrogens with zero attached hydrogens (tertiary/aromatic N) is 1. The zero-order valence-corrected chi connectivity index (χ0v) is 14.7. The summed E-state index contributed by atoms with van der Waals surface area (Å²) in [7, 11) is 0. The summed E-state index contributed by atoms with van der Waals surface area (Å²) in [4.78, 5) is 27.2. The average Bonchev–Trinajstić information content (AvgIpc) is 3.01. The Morgan fingerprint density at radius 1 is 1.23 bits per heavy atom. The van der Waals surface area contributed by atoms with Crippen molar-refractivity contribution < 1.29 is 18.4 Å². The molecule has 2 aliphatic rings. The smallest absolute Gasteiger partial charge is 0.257 e. The maximum atomic E-state index is 14.2. The number of halogens is 2. The number of carbonyl (C=O) groups excluding carboxylic acids is 2. The van der Waals surface area contributed by atoms with Crippen molar-refractivity contribution in [3.05, 3.63) is 35.4 Å². The molecule has 3 rings (SSSR count). The van der Waals surface area contributed by atoms with E-state index in [0.717, 1.165) is 37.8 Å². The molecule has 0 aromatic heterocycles. The van der Waals surface area contributed by atoms with Crippen molar-refractivity contribution >= 4 is 11.8 Å². The number of amides is 2. The zero-order chi connectivity index (χ0) is 18.7. The molecule has 5 nitrogen and oxygen atoms in total. The molecule has 0 spiro atoms. The standard InChI is InChI=1S/C19H25F2N3O2/c20-13-6-7-14(15(21)11-13)19(26)24-16-5-2-1-4-12(16)10-17(24)18(25)23-9-3-8-22/h6-7,11-12,16-17H,1-5,8-10,22H2,(H,23,25). The second kappa shape index (κ2) is 8.12. The first-order valence-corrected chi connectivity index (χ1v) is 9.28. The van der Waals surface area contributed by atoms with Crippen molar-refractivity contribution in [1.82, 2.24) is 10.2 Å². The Morgan fingerprint density at radius 3 is 2.73 bits per heavy atom. The minimum atomic E-state index is -0.892.